The van der Waals surface area contributed by atoms with Crippen molar-refractivity contribution in [3.63, 3.8) is 0 Å². The molecule has 20 heavy (non-hydrogen) atoms. The first-order valence-corrected chi connectivity index (χ1v) is 7.45. The van der Waals surface area contributed by atoms with Crippen LogP contribution in [0.25, 0.3) is 0 Å². The minimum absolute atomic E-state index is 0.233. The summed E-state index contributed by atoms with van der Waals surface area (Å²) in [7, 11) is 0. The highest BCUT2D eigenvalue weighted by Gasteiger charge is 2.19. The van der Waals surface area contributed by atoms with Gasteiger partial charge in [-0.25, -0.2) is 4.39 Å². The van der Waals surface area contributed by atoms with Crippen LogP contribution in [-0.2, 0) is 6.54 Å². The predicted octanol–water partition coefficient (Wildman–Crippen LogP) is 4.63. The Morgan fingerprint density at radius 3 is 2.55 bits per heavy atom. The minimum Gasteiger partial charge on any atom is -0.454 e. The zero-order valence-corrected chi connectivity index (χ0v) is 12.5. The summed E-state index contributed by atoms with van der Waals surface area (Å²) in [4.78, 5) is 0. The molecule has 0 saturated heterocycles. The molecule has 0 atom stereocenters. The smallest absolute Gasteiger partial charge is 0.166 e. The summed E-state index contributed by atoms with van der Waals surface area (Å²) in [6.45, 7) is 0.873. The number of rotatable bonds is 5. The molecule has 104 valence electrons. The van der Waals surface area contributed by atoms with Crippen LogP contribution in [0.5, 0.6) is 11.5 Å². The van der Waals surface area contributed by atoms with Crippen molar-refractivity contribution in [3.8, 4) is 11.5 Å². The lowest BCUT2D eigenvalue weighted by atomic mass is 10.2. The van der Waals surface area contributed by atoms with Gasteiger partial charge in [0.15, 0.2) is 11.6 Å². The summed E-state index contributed by atoms with van der Waals surface area (Å²) in [6.07, 6.45) is 2.56. The Morgan fingerprint density at radius 1 is 1.15 bits per heavy atom. The molecule has 3 rings (SSSR count). The highest BCUT2D eigenvalue weighted by atomic mass is 79.9. The highest BCUT2D eigenvalue weighted by molar-refractivity contribution is 9.10. The highest BCUT2D eigenvalue weighted by Crippen LogP contribution is 2.27. The molecule has 1 aliphatic rings. The Labute approximate surface area is 126 Å². The quantitative estimate of drug-likeness (QED) is 0.859. The standard InChI is InChI=1S/C16H15BrFNO/c17-12-3-8-16(15(18)9-12)20-14-6-1-11(2-7-14)10-19-13-4-5-13/h1-3,6-9,13,19H,4-5,10H2. The Hall–Kier alpha value is -1.39. The van der Waals surface area contributed by atoms with E-state index in [2.05, 4.69) is 21.2 Å². The van der Waals surface area contributed by atoms with Crippen molar-refractivity contribution in [2.75, 3.05) is 0 Å². The van der Waals surface area contributed by atoms with Gasteiger partial charge in [-0.05, 0) is 48.7 Å². The van der Waals surface area contributed by atoms with Gasteiger partial charge >= 0.3 is 0 Å². The van der Waals surface area contributed by atoms with Crippen molar-refractivity contribution in [1.29, 1.82) is 0 Å². The van der Waals surface area contributed by atoms with Crippen LogP contribution in [0.2, 0.25) is 0 Å². The van der Waals surface area contributed by atoms with Crippen molar-refractivity contribution >= 4 is 15.9 Å². The first-order chi connectivity index (χ1) is 9.70. The molecule has 2 aromatic rings. The SMILES string of the molecule is Fc1cc(Br)ccc1Oc1ccc(CNC2CC2)cc1. The third-order valence-electron chi connectivity index (χ3n) is 3.22. The minimum atomic E-state index is -0.376. The van der Waals surface area contributed by atoms with E-state index in [4.69, 9.17) is 4.74 Å². The molecule has 2 nitrogen and oxygen atoms in total. The largest absolute Gasteiger partial charge is 0.454 e. The maximum absolute atomic E-state index is 13.7. The molecule has 0 radical (unpaired) electrons. The molecule has 0 bridgehead atoms. The van der Waals surface area contributed by atoms with Crippen molar-refractivity contribution in [3.05, 3.63) is 58.3 Å². The molecule has 0 aliphatic heterocycles. The summed E-state index contributed by atoms with van der Waals surface area (Å²) in [5.74, 6) is 0.498. The molecule has 1 saturated carbocycles. The fraction of sp³-hybridized carbons (Fsp3) is 0.250. The van der Waals surface area contributed by atoms with Crippen LogP contribution in [0.4, 0.5) is 4.39 Å². The van der Waals surface area contributed by atoms with Gasteiger partial charge in [-0.3, -0.25) is 0 Å². The van der Waals surface area contributed by atoms with Crippen LogP contribution in [0, 0.1) is 5.82 Å². The molecular formula is C16H15BrFNO. The van der Waals surface area contributed by atoms with Gasteiger partial charge in [0.25, 0.3) is 0 Å². The molecule has 1 N–H and O–H groups in total. The Balaban J connectivity index is 1.64. The number of nitrogens with one attached hydrogen (secondary N) is 1. The van der Waals surface area contributed by atoms with Crippen LogP contribution < -0.4 is 10.1 Å². The lowest BCUT2D eigenvalue weighted by Gasteiger charge is -2.08. The topological polar surface area (TPSA) is 21.3 Å². The van der Waals surface area contributed by atoms with Gasteiger partial charge < -0.3 is 10.1 Å². The molecule has 2 aromatic carbocycles. The Morgan fingerprint density at radius 2 is 1.90 bits per heavy atom. The lowest BCUT2D eigenvalue weighted by Crippen LogP contribution is -2.14. The fourth-order valence-electron chi connectivity index (χ4n) is 1.91. The van der Waals surface area contributed by atoms with Crippen molar-refractivity contribution in [1.82, 2.24) is 5.32 Å². The number of hydrogen-bond donors (Lipinski definition) is 1. The Kier molecular flexibility index (Phi) is 4.03. The third kappa shape index (κ3) is 3.58. The number of halogens is 2. The molecule has 0 heterocycles. The monoisotopic (exact) mass is 335 g/mol. The van der Waals surface area contributed by atoms with E-state index in [0.29, 0.717) is 16.3 Å². The normalized spacial score (nSPS) is 14.3. The van der Waals surface area contributed by atoms with Gasteiger partial charge in [0.1, 0.15) is 5.75 Å². The summed E-state index contributed by atoms with van der Waals surface area (Å²) >= 11 is 3.22. The van der Waals surface area contributed by atoms with E-state index in [1.165, 1.54) is 24.5 Å². The zero-order valence-electron chi connectivity index (χ0n) is 10.9. The van der Waals surface area contributed by atoms with E-state index in [9.17, 15) is 4.39 Å². The average molecular weight is 336 g/mol. The molecular weight excluding hydrogens is 321 g/mol. The summed E-state index contributed by atoms with van der Waals surface area (Å²) in [5, 5.41) is 3.45. The average Bonchev–Trinajstić information content (AvgIpc) is 3.25. The molecule has 0 spiro atoms. The molecule has 0 unspecified atom stereocenters. The van der Waals surface area contributed by atoms with E-state index in [1.54, 1.807) is 12.1 Å². The molecule has 0 aromatic heterocycles. The Bertz CT molecular complexity index is 596. The van der Waals surface area contributed by atoms with Crippen molar-refractivity contribution < 1.29 is 9.13 Å². The van der Waals surface area contributed by atoms with Gasteiger partial charge in [-0.15, -0.1) is 0 Å². The second kappa shape index (κ2) is 5.94. The molecule has 1 fully saturated rings. The summed E-state index contributed by atoms with van der Waals surface area (Å²) in [5.41, 5.74) is 1.21. The summed E-state index contributed by atoms with van der Waals surface area (Å²) in [6, 6.07) is 13.2. The van der Waals surface area contributed by atoms with E-state index < -0.39 is 0 Å². The van der Waals surface area contributed by atoms with Crippen LogP contribution in [0.15, 0.2) is 46.9 Å². The van der Waals surface area contributed by atoms with Crippen LogP contribution in [0.3, 0.4) is 0 Å². The maximum atomic E-state index is 13.7. The predicted molar refractivity (Wildman–Crippen MR) is 80.5 cm³/mol. The maximum Gasteiger partial charge on any atom is 0.166 e. The summed E-state index contributed by atoms with van der Waals surface area (Å²) < 4.78 is 19.9. The van der Waals surface area contributed by atoms with Gasteiger partial charge in [0.2, 0.25) is 0 Å². The molecule has 1 aliphatic carbocycles. The van der Waals surface area contributed by atoms with Gasteiger partial charge in [0, 0.05) is 17.1 Å². The van der Waals surface area contributed by atoms with E-state index in [0.717, 1.165) is 6.54 Å². The molecule has 0 amide bonds. The number of ether oxygens (including phenoxy) is 1. The van der Waals surface area contributed by atoms with Crippen molar-refractivity contribution in [2.45, 2.75) is 25.4 Å². The van der Waals surface area contributed by atoms with E-state index >= 15 is 0 Å². The third-order valence-corrected chi connectivity index (χ3v) is 3.71. The zero-order chi connectivity index (χ0) is 13.9. The van der Waals surface area contributed by atoms with Gasteiger partial charge in [-0.2, -0.15) is 0 Å². The van der Waals surface area contributed by atoms with E-state index in [-0.39, 0.29) is 11.6 Å². The lowest BCUT2D eigenvalue weighted by molar-refractivity contribution is 0.442. The second-order valence-corrected chi connectivity index (χ2v) is 5.89. The van der Waals surface area contributed by atoms with Crippen LogP contribution in [-0.4, -0.2) is 6.04 Å². The van der Waals surface area contributed by atoms with E-state index in [1.807, 2.05) is 24.3 Å². The first kappa shape index (κ1) is 13.6. The first-order valence-electron chi connectivity index (χ1n) is 6.66. The van der Waals surface area contributed by atoms with Crippen LogP contribution >= 0.6 is 15.9 Å². The van der Waals surface area contributed by atoms with Crippen molar-refractivity contribution in [2.24, 2.45) is 0 Å². The van der Waals surface area contributed by atoms with Gasteiger partial charge in [0.05, 0.1) is 0 Å². The molecule has 4 heteroatoms. The number of hydrogen-bond acceptors (Lipinski definition) is 2. The number of benzene rings is 2. The fourth-order valence-corrected chi connectivity index (χ4v) is 2.24. The van der Waals surface area contributed by atoms with Crippen LogP contribution in [0.1, 0.15) is 18.4 Å². The second-order valence-electron chi connectivity index (χ2n) is 4.98. The van der Waals surface area contributed by atoms with Gasteiger partial charge in [-0.1, -0.05) is 28.1 Å².